The Morgan fingerprint density at radius 1 is 1.16 bits per heavy atom. The summed E-state index contributed by atoms with van der Waals surface area (Å²) in [5, 5.41) is 6.96. The van der Waals surface area contributed by atoms with E-state index in [4.69, 9.17) is 15.7 Å². The first-order chi connectivity index (χ1) is 15.1. The Bertz CT molecular complexity index is 1130. The molecule has 1 unspecified atom stereocenters. The summed E-state index contributed by atoms with van der Waals surface area (Å²) in [4.78, 5) is 24.0. The van der Waals surface area contributed by atoms with Crippen molar-refractivity contribution >= 4 is 23.4 Å². The molecule has 2 aliphatic heterocycles. The monoisotopic (exact) mass is 414 g/mol. The van der Waals surface area contributed by atoms with Crippen LogP contribution in [0.2, 0.25) is 0 Å². The maximum Gasteiger partial charge on any atom is 0.249 e. The summed E-state index contributed by atoms with van der Waals surface area (Å²) in [6.07, 6.45) is 1.60. The fourth-order valence-electron chi connectivity index (χ4n) is 4.54. The van der Waals surface area contributed by atoms with Crippen molar-refractivity contribution in [2.24, 2.45) is 5.73 Å². The molecule has 0 bridgehead atoms. The molecule has 0 aliphatic carbocycles. The predicted molar refractivity (Wildman–Crippen MR) is 121 cm³/mol. The molecule has 3 aromatic rings. The third-order valence-corrected chi connectivity index (χ3v) is 6.06. The van der Waals surface area contributed by atoms with Crippen molar-refractivity contribution in [2.75, 3.05) is 16.8 Å². The van der Waals surface area contributed by atoms with Crippen molar-refractivity contribution in [3.8, 4) is 0 Å². The Labute approximate surface area is 181 Å². The molecule has 0 fully saturated rings. The average molecular weight is 415 g/mol. The van der Waals surface area contributed by atoms with Crippen LogP contribution in [-0.2, 0) is 25.9 Å². The molecule has 0 spiro atoms. The molecule has 5 rings (SSSR count). The molecule has 0 radical (unpaired) electrons. The van der Waals surface area contributed by atoms with E-state index in [-0.39, 0.29) is 6.04 Å². The number of fused-ring (bicyclic) bond motifs is 2. The van der Waals surface area contributed by atoms with Gasteiger partial charge in [0.2, 0.25) is 11.9 Å². The van der Waals surface area contributed by atoms with Crippen LogP contribution in [0.15, 0.2) is 48.5 Å². The highest BCUT2D eigenvalue weighted by Crippen LogP contribution is 2.39. The minimum atomic E-state index is -0.395. The molecular formula is C24H26N6O. The molecule has 0 saturated carbocycles. The van der Waals surface area contributed by atoms with Crippen LogP contribution in [0.1, 0.15) is 39.7 Å². The van der Waals surface area contributed by atoms with Crippen LogP contribution in [0, 0.1) is 0 Å². The van der Waals surface area contributed by atoms with E-state index in [2.05, 4.69) is 34.6 Å². The first-order valence-corrected chi connectivity index (χ1v) is 10.7. The highest BCUT2D eigenvalue weighted by molar-refractivity contribution is 5.97. The smallest absolute Gasteiger partial charge is 0.249 e. The van der Waals surface area contributed by atoms with Crippen LogP contribution in [0.25, 0.3) is 0 Å². The number of nitrogens with zero attached hydrogens (tertiary/aromatic N) is 3. The fourth-order valence-corrected chi connectivity index (χ4v) is 4.54. The summed E-state index contributed by atoms with van der Waals surface area (Å²) < 4.78 is 0. The van der Waals surface area contributed by atoms with Gasteiger partial charge in [-0.05, 0) is 36.6 Å². The van der Waals surface area contributed by atoms with Gasteiger partial charge in [-0.1, -0.05) is 36.4 Å². The van der Waals surface area contributed by atoms with E-state index < -0.39 is 5.91 Å². The van der Waals surface area contributed by atoms with Gasteiger partial charge in [0.1, 0.15) is 5.82 Å². The molecular weight excluding hydrogens is 388 g/mol. The largest absolute Gasteiger partial charge is 0.366 e. The molecule has 1 atom stereocenters. The Hall–Kier alpha value is -3.45. The number of anilines is 3. The van der Waals surface area contributed by atoms with Crippen molar-refractivity contribution in [1.29, 1.82) is 0 Å². The second kappa shape index (κ2) is 8.00. The number of aromatic nitrogens is 2. The number of hydrogen-bond acceptors (Lipinski definition) is 6. The van der Waals surface area contributed by atoms with Crippen LogP contribution >= 0.6 is 0 Å². The zero-order valence-electron chi connectivity index (χ0n) is 17.6. The highest BCUT2D eigenvalue weighted by Gasteiger charge is 2.33. The van der Waals surface area contributed by atoms with Crippen molar-refractivity contribution in [2.45, 2.75) is 38.9 Å². The van der Waals surface area contributed by atoms with Gasteiger partial charge in [-0.25, -0.2) is 4.98 Å². The number of amides is 1. The number of carbonyl (C=O) groups is 1. The molecule has 31 heavy (non-hydrogen) atoms. The Morgan fingerprint density at radius 2 is 2.00 bits per heavy atom. The molecule has 1 aromatic heterocycles. The number of nitrogens with two attached hydrogens (primary N) is 1. The summed E-state index contributed by atoms with van der Waals surface area (Å²) >= 11 is 0. The number of rotatable bonds is 5. The van der Waals surface area contributed by atoms with Crippen molar-refractivity contribution in [3.63, 3.8) is 0 Å². The van der Waals surface area contributed by atoms with Gasteiger partial charge >= 0.3 is 0 Å². The molecule has 7 heteroatoms. The summed E-state index contributed by atoms with van der Waals surface area (Å²) in [6.45, 7) is 4.48. The van der Waals surface area contributed by atoms with Crippen molar-refractivity contribution in [1.82, 2.24) is 15.3 Å². The lowest BCUT2D eigenvalue weighted by molar-refractivity contribution is 0.0999. The topological polar surface area (TPSA) is 96.2 Å². The third kappa shape index (κ3) is 3.61. The van der Waals surface area contributed by atoms with Crippen LogP contribution < -0.4 is 21.3 Å². The van der Waals surface area contributed by atoms with Crippen LogP contribution in [0.3, 0.4) is 0 Å². The summed E-state index contributed by atoms with van der Waals surface area (Å²) in [6, 6.07) is 16.1. The van der Waals surface area contributed by atoms with Gasteiger partial charge in [0.25, 0.3) is 0 Å². The summed E-state index contributed by atoms with van der Waals surface area (Å²) in [5.74, 6) is 1.14. The Morgan fingerprint density at radius 3 is 2.81 bits per heavy atom. The lowest BCUT2D eigenvalue weighted by Gasteiger charge is -2.27. The number of benzene rings is 2. The van der Waals surface area contributed by atoms with Gasteiger partial charge in [0.15, 0.2) is 0 Å². The highest BCUT2D eigenvalue weighted by atomic mass is 16.1. The number of hydrogen-bond donors (Lipinski definition) is 3. The number of primary amides is 1. The lowest BCUT2D eigenvalue weighted by Crippen LogP contribution is -2.30. The minimum Gasteiger partial charge on any atom is -0.366 e. The van der Waals surface area contributed by atoms with E-state index in [1.165, 1.54) is 5.56 Å². The lowest BCUT2D eigenvalue weighted by atomic mass is 10.0. The van der Waals surface area contributed by atoms with E-state index in [0.717, 1.165) is 54.3 Å². The normalized spacial score (nSPS) is 17.2. The number of carbonyl (C=O) groups excluding carboxylic acids is 1. The molecule has 4 N–H and O–H groups in total. The molecule has 2 aliphatic rings. The predicted octanol–water partition coefficient (Wildman–Crippen LogP) is 2.92. The van der Waals surface area contributed by atoms with E-state index in [1.807, 2.05) is 30.3 Å². The van der Waals surface area contributed by atoms with Crippen LogP contribution in [0.4, 0.5) is 17.5 Å². The maximum absolute atomic E-state index is 11.9. The van der Waals surface area contributed by atoms with Crippen molar-refractivity contribution in [3.05, 3.63) is 76.5 Å². The first kappa shape index (κ1) is 19.5. The molecule has 1 amide bonds. The van der Waals surface area contributed by atoms with Gasteiger partial charge in [0.05, 0.1) is 5.69 Å². The van der Waals surface area contributed by atoms with Crippen molar-refractivity contribution < 1.29 is 4.79 Å². The first-order valence-electron chi connectivity index (χ1n) is 10.7. The molecule has 0 saturated heterocycles. The minimum absolute atomic E-state index is 0.136. The van der Waals surface area contributed by atoms with E-state index in [0.29, 0.717) is 18.1 Å². The third-order valence-electron chi connectivity index (χ3n) is 6.06. The standard InChI is InChI=1S/C24H26N6O/c1-15-12-18-17(22(25)31)8-5-9-21(18)30(15)24-28-20-10-11-26-14-19(20)23(29-24)27-13-16-6-3-2-4-7-16/h2-9,15,26H,10-14H2,1H3,(H2,25,31)(H,27,28,29). The molecule has 7 nitrogen and oxygen atoms in total. The van der Waals surface area contributed by atoms with E-state index in [9.17, 15) is 4.79 Å². The zero-order valence-corrected chi connectivity index (χ0v) is 17.6. The van der Waals surface area contributed by atoms with Gasteiger partial charge < -0.3 is 21.3 Å². The summed E-state index contributed by atoms with van der Waals surface area (Å²) in [5.41, 5.74) is 11.5. The SMILES string of the molecule is CC1Cc2c(C(N)=O)cccc2N1c1nc2c(c(NCc3ccccc3)n1)CNCC2. The van der Waals surface area contributed by atoms with Gasteiger partial charge in [-0.15, -0.1) is 0 Å². The van der Waals surface area contributed by atoms with Crippen LogP contribution in [-0.4, -0.2) is 28.5 Å². The van der Waals surface area contributed by atoms with Gasteiger partial charge in [-0.2, -0.15) is 4.98 Å². The van der Waals surface area contributed by atoms with Gasteiger partial charge in [-0.3, -0.25) is 4.79 Å². The number of nitrogens with one attached hydrogen (secondary N) is 2. The fraction of sp³-hybridized carbons (Fsp3) is 0.292. The van der Waals surface area contributed by atoms with Crippen LogP contribution in [0.5, 0.6) is 0 Å². The van der Waals surface area contributed by atoms with Gasteiger partial charge in [0, 0.05) is 48.9 Å². The second-order valence-corrected chi connectivity index (χ2v) is 8.15. The van der Waals surface area contributed by atoms with E-state index >= 15 is 0 Å². The zero-order chi connectivity index (χ0) is 21.4. The molecule has 2 aromatic carbocycles. The maximum atomic E-state index is 11.9. The second-order valence-electron chi connectivity index (χ2n) is 8.15. The molecule has 158 valence electrons. The Balaban J connectivity index is 1.55. The quantitative estimate of drug-likeness (QED) is 0.594. The Kier molecular flexibility index (Phi) is 5.03. The summed E-state index contributed by atoms with van der Waals surface area (Å²) in [7, 11) is 0. The van der Waals surface area contributed by atoms with E-state index in [1.54, 1.807) is 6.07 Å². The molecule has 3 heterocycles. The average Bonchev–Trinajstić information content (AvgIpc) is 3.13.